The van der Waals surface area contributed by atoms with Gasteiger partial charge in [-0.15, -0.1) is 0 Å². The van der Waals surface area contributed by atoms with Crippen LogP contribution < -0.4 is 10.6 Å². The highest BCUT2D eigenvalue weighted by atomic mass is 19.4. The second-order valence-corrected chi connectivity index (χ2v) is 7.69. The van der Waals surface area contributed by atoms with Crippen molar-refractivity contribution in [3.63, 3.8) is 0 Å². The zero-order valence-electron chi connectivity index (χ0n) is 17.6. The second kappa shape index (κ2) is 8.83. The fourth-order valence-corrected chi connectivity index (χ4v) is 2.64. The Kier molecular flexibility index (Phi) is 6.48. The van der Waals surface area contributed by atoms with Crippen LogP contribution in [0.25, 0.3) is 0 Å². The van der Waals surface area contributed by atoms with Gasteiger partial charge in [-0.05, 0) is 51.0 Å². The highest BCUT2D eigenvalue weighted by molar-refractivity contribution is 6.05. The van der Waals surface area contributed by atoms with Crippen molar-refractivity contribution in [2.45, 2.75) is 44.6 Å². The van der Waals surface area contributed by atoms with E-state index in [1.165, 1.54) is 25.1 Å². The summed E-state index contributed by atoms with van der Waals surface area (Å²) in [6, 6.07) is 5.59. The van der Waals surface area contributed by atoms with Gasteiger partial charge in [0, 0.05) is 11.9 Å². The summed E-state index contributed by atoms with van der Waals surface area (Å²) in [5, 5.41) is 5.44. The van der Waals surface area contributed by atoms with Crippen LogP contribution in [0.15, 0.2) is 58.9 Å². The molecule has 6 nitrogen and oxygen atoms in total. The normalized spacial score (nSPS) is 16.4. The predicted octanol–water partition coefficient (Wildman–Crippen LogP) is 5.40. The molecule has 33 heavy (non-hydrogen) atoms. The molecule has 0 spiro atoms. The van der Waals surface area contributed by atoms with Gasteiger partial charge in [0.05, 0.1) is 16.9 Å². The van der Waals surface area contributed by atoms with Crippen LogP contribution in [0.3, 0.4) is 0 Å². The molecule has 2 heterocycles. The van der Waals surface area contributed by atoms with E-state index in [9.17, 15) is 26.3 Å². The first-order valence-electron chi connectivity index (χ1n) is 9.71. The molecule has 2 N–H and O–H groups in total. The Morgan fingerprint density at radius 2 is 1.73 bits per heavy atom. The minimum Gasteiger partial charge on any atom is -0.342 e. The number of hydrogen-bond donors (Lipinski definition) is 2. The number of nitrogens with zero attached hydrogens (tertiary/aromatic N) is 4. The summed E-state index contributed by atoms with van der Waals surface area (Å²) in [4.78, 5) is 15.6. The molecule has 0 atom stereocenters. The van der Waals surface area contributed by atoms with Gasteiger partial charge in [-0.25, -0.2) is 15.0 Å². The van der Waals surface area contributed by atoms with Gasteiger partial charge in [0.25, 0.3) is 0 Å². The summed E-state index contributed by atoms with van der Waals surface area (Å²) >= 11 is 0. The number of halogens is 6. The van der Waals surface area contributed by atoms with Crippen molar-refractivity contribution in [2.75, 3.05) is 5.32 Å². The van der Waals surface area contributed by atoms with Crippen LogP contribution in [0.5, 0.6) is 0 Å². The number of rotatable bonds is 5. The Bertz CT molecular complexity index is 1100. The van der Waals surface area contributed by atoms with E-state index in [1.54, 1.807) is 0 Å². The van der Waals surface area contributed by atoms with Crippen LogP contribution in [0.1, 0.15) is 43.8 Å². The third-order valence-corrected chi connectivity index (χ3v) is 4.64. The van der Waals surface area contributed by atoms with Gasteiger partial charge in [0.15, 0.2) is 0 Å². The molecule has 0 aliphatic heterocycles. The third kappa shape index (κ3) is 6.77. The van der Waals surface area contributed by atoms with E-state index in [2.05, 4.69) is 37.2 Å². The number of guanidine groups is 1. The molecule has 3 rings (SSSR count). The lowest BCUT2D eigenvalue weighted by molar-refractivity contribution is -0.141. The van der Waals surface area contributed by atoms with Crippen molar-refractivity contribution in [3.05, 3.63) is 66.0 Å². The van der Waals surface area contributed by atoms with Crippen LogP contribution in [0, 0.1) is 0 Å². The minimum absolute atomic E-state index is 0.00259. The maximum Gasteiger partial charge on any atom is 0.433 e. The number of pyridine rings is 2. The molecule has 1 fully saturated rings. The highest BCUT2D eigenvalue weighted by Crippen LogP contribution is 2.39. The maximum absolute atomic E-state index is 13.0. The van der Waals surface area contributed by atoms with Crippen LogP contribution in [0.2, 0.25) is 0 Å². The van der Waals surface area contributed by atoms with Crippen molar-refractivity contribution in [2.24, 2.45) is 9.98 Å². The molecule has 1 aliphatic rings. The molecule has 176 valence electrons. The van der Waals surface area contributed by atoms with Crippen LogP contribution in [-0.2, 0) is 12.4 Å². The summed E-state index contributed by atoms with van der Waals surface area (Å²) in [6.07, 6.45) is -6.65. The molecule has 2 aromatic rings. The van der Waals surface area contributed by atoms with Crippen molar-refractivity contribution >= 4 is 17.4 Å². The molecule has 0 saturated heterocycles. The number of hydrogen-bond acceptors (Lipinski definition) is 4. The SMILES string of the molecule is C=C(NC(=NC1(C)CC1)N=C(C)c1cccc(C(F)(F)F)n1)Nc1ccnc(C(F)(F)F)c1. The van der Waals surface area contributed by atoms with Gasteiger partial charge in [-0.3, -0.25) is 4.98 Å². The molecule has 0 radical (unpaired) electrons. The average Bonchev–Trinajstić information content (AvgIpc) is 3.43. The van der Waals surface area contributed by atoms with E-state index in [-0.39, 0.29) is 28.9 Å². The minimum atomic E-state index is -4.61. The van der Waals surface area contributed by atoms with E-state index < -0.39 is 29.3 Å². The largest absolute Gasteiger partial charge is 0.433 e. The van der Waals surface area contributed by atoms with Gasteiger partial charge in [0.2, 0.25) is 5.96 Å². The molecule has 2 aromatic heterocycles. The first-order chi connectivity index (χ1) is 15.2. The Morgan fingerprint density at radius 1 is 1.06 bits per heavy atom. The van der Waals surface area contributed by atoms with Crippen molar-refractivity contribution in [3.8, 4) is 0 Å². The number of aromatic nitrogens is 2. The summed E-state index contributed by atoms with van der Waals surface area (Å²) < 4.78 is 77.5. The van der Waals surface area contributed by atoms with E-state index >= 15 is 0 Å². The van der Waals surface area contributed by atoms with E-state index in [1.807, 2.05) is 6.92 Å². The lowest BCUT2D eigenvalue weighted by Gasteiger charge is -2.15. The van der Waals surface area contributed by atoms with E-state index in [4.69, 9.17) is 0 Å². The number of nitrogens with one attached hydrogen (secondary N) is 2. The molecule has 0 aromatic carbocycles. The topological polar surface area (TPSA) is 74.6 Å². The fraction of sp³-hybridized carbons (Fsp3) is 0.333. The fourth-order valence-electron chi connectivity index (χ4n) is 2.64. The summed E-state index contributed by atoms with van der Waals surface area (Å²) in [5.41, 5.74) is -2.29. The zero-order valence-corrected chi connectivity index (χ0v) is 17.6. The van der Waals surface area contributed by atoms with Crippen molar-refractivity contribution in [1.82, 2.24) is 15.3 Å². The molecular weight excluding hydrogens is 450 g/mol. The first kappa shape index (κ1) is 24.2. The number of anilines is 1. The predicted molar refractivity (Wildman–Crippen MR) is 112 cm³/mol. The smallest absolute Gasteiger partial charge is 0.342 e. The van der Waals surface area contributed by atoms with Gasteiger partial charge in [0.1, 0.15) is 17.2 Å². The first-order valence-corrected chi connectivity index (χ1v) is 9.71. The Balaban J connectivity index is 1.82. The standard InChI is InChI=1S/C21H20F6N6/c1-12(15-5-4-6-16(32-15)20(22,23)24)29-18(33-19(3)8-9-19)31-13(2)30-14-7-10-28-17(11-14)21(25,26)27/h4-7,10-11H,2,8-9H2,1,3H3,(H,28,30)(H,31,33). The molecule has 0 amide bonds. The van der Waals surface area contributed by atoms with Crippen LogP contribution in [-0.4, -0.2) is 27.2 Å². The Labute approximate surface area is 185 Å². The van der Waals surface area contributed by atoms with E-state index in [0.717, 1.165) is 31.2 Å². The number of alkyl halides is 6. The summed E-state index contributed by atoms with van der Waals surface area (Å²) in [6.45, 7) is 7.07. The van der Waals surface area contributed by atoms with Gasteiger partial charge in [-0.1, -0.05) is 12.6 Å². The molecule has 1 aliphatic carbocycles. The van der Waals surface area contributed by atoms with E-state index in [0.29, 0.717) is 0 Å². The Morgan fingerprint density at radius 3 is 2.33 bits per heavy atom. The molecule has 0 bridgehead atoms. The van der Waals surface area contributed by atoms with Crippen molar-refractivity contribution < 1.29 is 26.3 Å². The quantitative estimate of drug-likeness (QED) is 0.349. The number of aliphatic imine (C=N–C) groups is 2. The summed E-state index contributed by atoms with van der Waals surface area (Å²) in [7, 11) is 0. The zero-order chi connectivity index (χ0) is 24.4. The lowest BCUT2D eigenvalue weighted by atomic mass is 10.2. The van der Waals surface area contributed by atoms with Crippen LogP contribution in [0.4, 0.5) is 32.0 Å². The average molecular weight is 470 g/mol. The van der Waals surface area contributed by atoms with Crippen LogP contribution >= 0.6 is 0 Å². The Hall–Kier alpha value is -3.44. The molecule has 1 saturated carbocycles. The highest BCUT2D eigenvalue weighted by Gasteiger charge is 2.38. The second-order valence-electron chi connectivity index (χ2n) is 7.69. The summed E-state index contributed by atoms with van der Waals surface area (Å²) in [5.74, 6) is 0.0974. The van der Waals surface area contributed by atoms with Gasteiger partial charge >= 0.3 is 12.4 Å². The monoisotopic (exact) mass is 470 g/mol. The molecule has 0 unspecified atom stereocenters. The maximum atomic E-state index is 13.0. The third-order valence-electron chi connectivity index (χ3n) is 4.64. The lowest BCUT2D eigenvalue weighted by Crippen LogP contribution is -2.27. The van der Waals surface area contributed by atoms with Crippen molar-refractivity contribution in [1.29, 1.82) is 0 Å². The molecule has 12 heteroatoms. The van der Waals surface area contributed by atoms with Gasteiger partial charge in [-0.2, -0.15) is 26.3 Å². The van der Waals surface area contributed by atoms with Gasteiger partial charge < -0.3 is 10.6 Å². The molecular formula is C21H20F6N6.